The molecule has 0 fully saturated rings. The molecule has 0 amide bonds. The topological polar surface area (TPSA) is 56.3 Å². The molecule has 1 aromatic carbocycles. The number of hydrogen-bond acceptors (Lipinski definition) is 5. The summed E-state index contributed by atoms with van der Waals surface area (Å²) >= 11 is 0. The fourth-order valence-corrected chi connectivity index (χ4v) is 2.36. The number of rotatable bonds is 3. The number of ether oxygens (including phenoxy) is 2. The van der Waals surface area contributed by atoms with Crippen molar-refractivity contribution in [2.45, 2.75) is 12.5 Å². The van der Waals surface area contributed by atoms with E-state index >= 15 is 0 Å². The Kier molecular flexibility index (Phi) is 3.78. The van der Waals surface area contributed by atoms with Crippen LogP contribution >= 0.6 is 0 Å². The lowest BCUT2D eigenvalue weighted by atomic mass is 10.0. The Balaban J connectivity index is 1.94. The van der Waals surface area contributed by atoms with E-state index in [4.69, 9.17) is 9.47 Å². The van der Waals surface area contributed by atoms with E-state index in [9.17, 15) is 0 Å². The lowest BCUT2D eigenvalue weighted by molar-refractivity contribution is 0.297. The van der Waals surface area contributed by atoms with Crippen LogP contribution in [0.15, 0.2) is 36.7 Å². The van der Waals surface area contributed by atoms with Gasteiger partial charge in [-0.05, 0) is 36.4 Å². The summed E-state index contributed by atoms with van der Waals surface area (Å²) in [6, 6.07) is 8.06. The monoisotopic (exact) mass is 271 g/mol. The molecule has 2 heterocycles. The van der Waals surface area contributed by atoms with Crippen molar-refractivity contribution >= 4 is 0 Å². The lowest BCUT2D eigenvalue weighted by Gasteiger charge is -2.18. The van der Waals surface area contributed by atoms with Gasteiger partial charge < -0.3 is 14.8 Å². The second-order valence-electron chi connectivity index (χ2n) is 4.65. The molecule has 0 bridgehead atoms. The smallest absolute Gasteiger partial charge is 0.161 e. The maximum Gasteiger partial charge on any atom is 0.161 e. The van der Waals surface area contributed by atoms with Crippen LogP contribution in [0.25, 0.3) is 0 Å². The summed E-state index contributed by atoms with van der Waals surface area (Å²) in [7, 11) is 1.92. The first-order valence-electron chi connectivity index (χ1n) is 6.72. The molecule has 2 aromatic rings. The van der Waals surface area contributed by atoms with Crippen LogP contribution in [0.1, 0.15) is 23.6 Å². The highest BCUT2D eigenvalue weighted by Gasteiger charge is 2.16. The molecule has 0 radical (unpaired) electrons. The average Bonchev–Trinajstić information content (AvgIpc) is 2.74. The van der Waals surface area contributed by atoms with Crippen LogP contribution in [-0.4, -0.2) is 30.5 Å². The van der Waals surface area contributed by atoms with Gasteiger partial charge in [0.15, 0.2) is 11.5 Å². The van der Waals surface area contributed by atoms with Gasteiger partial charge in [-0.2, -0.15) is 10.2 Å². The Hall–Kier alpha value is -2.14. The highest BCUT2D eigenvalue weighted by atomic mass is 16.5. The van der Waals surface area contributed by atoms with Crippen LogP contribution in [0.2, 0.25) is 0 Å². The Morgan fingerprint density at radius 1 is 1.05 bits per heavy atom. The highest BCUT2D eigenvalue weighted by Crippen LogP contribution is 2.33. The summed E-state index contributed by atoms with van der Waals surface area (Å²) in [5, 5.41) is 11.0. The number of nitrogens with zero attached hydrogens (tertiary/aromatic N) is 2. The highest BCUT2D eigenvalue weighted by molar-refractivity contribution is 5.46. The van der Waals surface area contributed by atoms with E-state index in [1.807, 2.05) is 25.2 Å². The third-order valence-electron chi connectivity index (χ3n) is 3.33. The van der Waals surface area contributed by atoms with E-state index in [0.29, 0.717) is 13.2 Å². The van der Waals surface area contributed by atoms with E-state index in [1.54, 1.807) is 12.4 Å². The van der Waals surface area contributed by atoms with Crippen LogP contribution in [0.3, 0.4) is 0 Å². The number of benzene rings is 1. The summed E-state index contributed by atoms with van der Waals surface area (Å²) in [6.07, 6.45) is 4.38. The van der Waals surface area contributed by atoms with Crippen molar-refractivity contribution in [2.75, 3.05) is 20.3 Å². The van der Waals surface area contributed by atoms with Gasteiger partial charge in [0.2, 0.25) is 0 Å². The van der Waals surface area contributed by atoms with Crippen LogP contribution < -0.4 is 14.8 Å². The van der Waals surface area contributed by atoms with E-state index < -0.39 is 0 Å². The summed E-state index contributed by atoms with van der Waals surface area (Å²) in [6.45, 7) is 1.40. The molecule has 1 atom stereocenters. The largest absolute Gasteiger partial charge is 0.490 e. The van der Waals surface area contributed by atoms with E-state index in [-0.39, 0.29) is 6.04 Å². The standard InChI is InChI=1S/C15H17N3O2/c1-16-15(12-5-6-17-18-10-12)11-3-4-13-14(9-11)20-8-2-7-19-13/h3-6,9-10,15-16H,2,7-8H2,1H3. The number of fused-ring (bicyclic) bond motifs is 1. The Bertz CT molecular complexity index is 575. The van der Waals surface area contributed by atoms with Crippen molar-refractivity contribution in [2.24, 2.45) is 0 Å². The first-order chi connectivity index (χ1) is 9.88. The molecule has 1 aromatic heterocycles. The van der Waals surface area contributed by atoms with Gasteiger partial charge >= 0.3 is 0 Å². The SMILES string of the molecule is CNC(c1ccnnc1)c1ccc2c(c1)OCCCO2. The Morgan fingerprint density at radius 2 is 1.90 bits per heavy atom. The molecule has 1 N–H and O–H groups in total. The van der Waals surface area contributed by atoms with Gasteiger partial charge in [-0.25, -0.2) is 0 Å². The van der Waals surface area contributed by atoms with Gasteiger partial charge in [0.05, 0.1) is 25.5 Å². The van der Waals surface area contributed by atoms with Gasteiger partial charge in [-0.15, -0.1) is 0 Å². The normalized spacial score (nSPS) is 15.4. The molecule has 0 saturated heterocycles. The molecule has 0 saturated carbocycles. The van der Waals surface area contributed by atoms with Gasteiger partial charge in [0.25, 0.3) is 0 Å². The van der Waals surface area contributed by atoms with Gasteiger partial charge in [-0.1, -0.05) is 6.07 Å². The van der Waals surface area contributed by atoms with Crippen molar-refractivity contribution in [3.63, 3.8) is 0 Å². The number of nitrogens with one attached hydrogen (secondary N) is 1. The molecular formula is C15H17N3O2. The van der Waals surface area contributed by atoms with Crippen molar-refractivity contribution in [3.05, 3.63) is 47.8 Å². The van der Waals surface area contributed by atoms with Crippen LogP contribution in [-0.2, 0) is 0 Å². The molecule has 1 unspecified atom stereocenters. The molecule has 104 valence electrons. The minimum Gasteiger partial charge on any atom is -0.490 e. The lowest BCUT2D eigenvalue weighted by Crippen LogP contribution is -2.18. The second-order valence-corrected chi connectivity index (χ2v) is 4.65. The molecule has 0 spiro atoms. The molecule has 5 nitrogen and oxygen atoms in total. The average molecular weight is 271 g/mol. The van der Waals surface area contributed by atoms with E-state index in [2.05, 4.69) is 21.6 Å². The zero-order chi connectivity index (χ0) is 13.8. The zero-order valence-electron chi connectivity index (χ0n) is 11.4. The zero-order valence-corrected chi connectivity index (χ0v) is 11.4. The molecule has 5 heteroatoms. The third kappa shape index (κ3) is 2.58. The fourth-order valence-electron chi connectivity index (χ4n) is 2.36. The molecular weight excluding hydrogens is 254 g/mol. The van der Waals surface area contributed by atoms with Crippen molar-refractivity contribution in [3.8, 4) is 11.5 Å². The van der Waals surface area contributed by atoms with Crippen molar-refractivity contribution in [1.82, 2.24) is 15.5 Å². The Morgan fingerprint density at radius 3 is 2.65 bits per heavy atom. The van der Waals surface area contributed by atoms with Crippen molar-refractivity contribution < 1.29 is 9.47 Å². The van der Waals surface area contributed by atoms with Gasteiger partial charge in [-0.3, -0.25) is 0 Å². The maximum atomic E-state index is 5.74. The fraction of sp³-hybridized carbons (Fsp3) is 0.333. The quantitative estimate of drug-likeness (QED) is 0.924. The van der Waals surface area contributed by atoms with Crippen molar-refractivity contribution in [1.29, 1.82) is 0 Å². The minimum absolute atomic E-state index is 0.0580. The number of aromatic nitrogens is 2. The third-order valence-corrected chi connectivity index (χ3v) is 3.33. The van der Waals surface area contributed by atoms with Crippen LogP contribution in [0.5, 0.6) is 11.5 Å². The second kappa shape index (κ2) is 5.88. The van der Waals surface area contributed by atoms with E-state index in [1.165, 1.54) is 0 Å². The van der Waals surface area contributed by atoms with Crippen LogP contribution in [0, 0.1) is 0 Å². The molecule has 3 rings (SSSR count). The molecule has 1 aliphatic heterocycles. The summed E-state index contributed by atoms with van der Waals surface area (Å²) < 4.78 is 11.4. The van der Waals surface area contributed by atoms with E-state index in [0.717, 1.165) is 29.0 Å². The molecule has 0 aliphatic carbocycles. The van der Waals surface area contributed by atoms with Crippen LogP contribution in [0.4, 0.5) is 0 Å². The molecule has 20 heavy (non-hydrogen) atoms. The first-order valence-corrected chi connectivity index (χ1v) is 6.72. The minimum atomic E-state index is 0.0580. The Labute approximate surface area is 117 Å². The predicted octanol–water partition coefficient (Wildman–Crippen LogP) is 1.95. The maximum absolute atomic E-state index is 5.74. The summed E-state index contributed by atoms with van der Waals surface area (Å²) in [5.74, 6) is 1.62. The summed E-state index contributed by atoms with van der Waals surface area (Å²) in [4.78, 5) is 0. The first kappa shape index (κ1) is 12.9. The number of hydrogen-bond donors (Lipinski definition) is 1. The summed E-state index contributed by atoms with van der Waals surface area (Å²) in [5.41, 5.74) is 2.18. The molecule has 1 aliphatic rings. The van der Waals surface area contributed by atoms with Gasteiger partial charge in [0.1, 0.15) is 0 Å². The van der Waals surface area contributed by atoms with Gasteiger partial charge in [0, 0.05) is 12.6 Å². The predicted molar refractivity (Wildman–Crippen MR) is 75.0 cm³/mol.